The molecule has 1 unspecified atom stereocenters. The summed E-state index contributed by atoms with van der Waals surface area (Å²) in [6.45, 7) is 5.60. The van der Waals surface area contributed by atoms with E-state index in [9.17, 15) is 9.59 Å². The number of carbonyl (C=O) groups excluding carboxylic acids is 2. The van der Waals surface area contributed by atoms with E-state index in [2.05, 4.69) is 29.3 Å². The summed E-state index contributed by atoms with van der Waals surface area (Å²) in [4.78, 5) is 26.9. The fraction of sp³-hybridized carbons (Fsp3) is 0.440. The Kier molecular flexibility index (Phi) is 8.03. The molecule has 0 aliphatic carbocycles. The van der Waals surface area contributed by atoms with E-state index in [0.717, 1.165) is 37.0 Å². The lowest BCUT2D eigenvalue weighted by Crippen LogP contribution is -2.33. The molecule has 0 spiro atoms. The van der Waals surface area contributed by atoms with Gasteiger partial charge in [-0.15, -0.1) is 0 Å². The molecule has 0 saturated carbocycles. The second-order valence-electron chi connectivity index (χ2n) is 8.23. The number of benzene rings is 2. The largest absolute Gasteiger partial charge is 0.497 e. The van der Waals surface area contributed by atoms with Gasteiger partial charge in [-0.2, -0.15) is 0 Å². The van der Waals surface area contributed by atoms with Crippen LogP contribution in [-0.2, 0) is 11.3 Å². The number of hydrogen-bond donors (Lipinski definition) is 1. The van der Waals surface area contributed by atoms with Crippen LogP contribution in [0.15, 0.2) is 48.5 Å². The molecule has 30 heavy (non-hydrogen) atoms. The number of amides is 1. The molecule has 1 fully saturated rings. The number of anilines is 1. The highest BCUT2D eigenvalue weighted by Gasteiger charge is 2.16. The van der Waals surface area contributed by atoms with Crippen LogP contribution in [0.5, 0.6) is 5.75 Å². The van der Waals surface area contributed by atoms with Gasteiger partial charge in [0.25, 0.3) is 0 Å². The first-order valence-corrected chi connectivity index (χ1v) is 10.8. The number of nitrogens with zero attached hydrogens (tertiary/aromatic N) is 1. The number of methoxy groups -OCH3 is 1. The van der Waals surface area contributed by atoms with E-state index in [1.165, 1.54) is 18.4 Å². The Morgan fingerprint density at radius 1 is 1.07 bits per heavy atom. The van der Waals surface area contributed by atoms with Crippen molar-refractivity contribution in [2.75, 3.05) is 25.5 Å². The third-order valence-corrected chi connectivity index (χ3v) is 5.60. The smallest absolute Gasteiger partial charge is 0.224 e. The zero-order valence-corrected chi connectivity index (χ0v) is 18.0. The maximum Gasteiger partial charge on any atom is 0.224 e. The summed E-state index contributed by atoms with van der Waals surface area (Å²) in [7, 11) is 1.60. The van der Waals surface area contributed by atoms with Crippen LogP contribution in [0, 0.1) is 5.92 Å². The standard InChI is InChI=1S/C25H32N2O3/c1-19-5-4-16-27(17-19)18-20-8-12-22(13-9-20)26-25(29)7-3-6-24(28)21-10-14-23(30-2)15-11-21/h8-15,19H,3-7,16-18H2,1-2H3,(H,26,29). The van der Waals surface area contributed by atoms with E-state index in [0.29, 0.717) is 24.8 Å². The Hall–Kier alpha value is -2.66. The minimum absolute atomic E-state index is 0.0434. The fourth-order valence-electron chi connectivity index (χ4n) is 3.94. The van der Waals surface area contributed by atoms with Crippen LogP contribution in [0.3, 0.4) is 0 Å². The van der Waals surface area contributed by atoms with Gasteiger partial charge in [-0.3, -0.25) is 14.5 Å². The average Bonchev–Trinajstić information content (AvgIpc) is 2.75. The summed E-state index contributed by atoms with van der Waals surface area (Å²) < 4.78 is 5.10. The lowest BCUT2D eigenvalue weighted by molar-refractivity contribution is -0.116. The summed E-state index contributed by atoms with van der Waals surface area (Å²) in [5.74, 6) is 1.48. The van der Waals surface area contributed by atoms with Gasteiger partial charge in [-0.25, -0.2) is 0 Å². The Morgan fingerprint density at radius 2 is 1.80 bits per heavy atom. The van der Waals surface area contributed by atoms with E-state index in [-0.39, 0.29) is 11.7 Å². The van der Waals surface area contributed by atoms with Crippen LogP contribution in [0.1, 0.15) is 54.9 Å². The molecule has 5 nitrogen and oxygen atoms in total. The number of carbonyl (C=O) groups is 2. The molecule has 2 aromatic rings. The Morgan fingerprint density at radius 3 is 2.47 bits per heavy atom. The van der Waals surface area contributed by atoms with Crippen molar-refractivity contribution in [2.24, 2.45) is 5.92 Å². The average molecular weight is 409 g/mol. The van der Waals surface area contributed by atoms with Gasteiger partial charge in [-0.1, -0.05) is 19.1 Å². The number of rotatable bonds is 9. The van der Waals surface area contributed by atoms with Crippen LogP contribution in [-0.4, -0.2) is 36.8 Å². The van der Waals surface area contributed by atoms with Crippen LogP contribution in [0.4, 0.5) is 5.69 Å². The molecule has 0 radical (unpaired) electrons. The summed E-state index contributed by atoms with van der Waals surface area (Å²) >= 11 is 0. The number of nitrogens with one attached hydrogen (secondary N) is 1. The molecule has 3 rings (SSSR count). The van der Waals surface area contributed by atoms with Crippen LogP contribution in [0.2, 0.25) is 0 Å². The summed E-state index contributed by atoms with van der Waals surface area (Å²) in [5.41, 5.74) is 2.72. The van der Waals surface area contributed by atoms with Gasteiger partial charge < -0.3 is 10.1 Å². The highest BCUT2D eigenvalue weighted by Crippen LogP contribution is 2.19. The lowest BCUT2D eigenvalue weighted by Gasteiger charge is -2.30. The first-order chi connectivity index (χ1) is 14.5. The molecule has 160 valence electrons. The first kappa shape index (κ1) is 22.0. The number of likely N-dealkylation sites (tertiary alicyclic amines) is 1. The van der Waals surface area contributed by atoms with E-state index in [4.69, 9.17) is 4.74 Å². The van der Waals surface area contributed by atoms with Crippen molar-refractivity contribution < 1.29 is 14.3 Å². The van der Waals surface area contributed by atoms with E-state index in [1.54, 1.807) is 31.4 Å². The number of hydrogen-bond acceptors (Lipinski definition) is 4. The maximum atomic E-state index is 12.2. The molecule has 1 saturated heterocycles. The van der Waals surface area contributed by atoms with Gasteiger partial charge in [0.1, 0.15) is 5.75 Å². The first-order valence-electron chi connectivity index (χ1n) is 10.8. The van der Waals surface area contributed by atoms with Crippen molar-refractivity contribution in [3.05, 3.63) is 59.7 Å². The normalized spacial score (nSPS) is 16.8. The van der Waals surface area contributed by atoms with Crippen molar-refractivity contribution in [1.29, 1.82) is 0 Å². The molecular formula is C25H32N2O3. The van der Waals surface area contributed by atoms with E-state index >= 15 is 0 Å². The molecule has 1 N–H and O–H groups in total. The molecule has 1 atom stereocenters. The van der Waals surface area contributed by atoms with Crippen LogP contribution in [0.25, 0.3) is 0 Å². The van der Waals surface area contributed by atoms with Gasteiger partial charge in [0.2, 0.25) is 5.91 Å². The molecular weight excluding hydrogens is 376 g/mol. The number of Topliss-reactive ketones (excluding diaryl/α,β-unsaturated/α-hetero) is 1. The Labute approximate surface area is 179 Å². The van der Waals surface area contributed by atoms with E-state index < -0.39 is 0 Å². The van der Waals surface area contributed by atoms with E-state index in [1.807, 2.05) is 12.1 Å². The minimum Gasteiger partial charge on any atom is -0.497 e. The third kappa shape index (κ3) is 6.70. The van der Waals surface area contributed by atoms with Crippen LogP contribution >= 0.6 is 0 Å². The highest BCUT2D eigenvalue weighted by atomic mass is 16.5. The van der Waals surface area contributed by atoms with Crippen molar-refractivity contribution in [2.45, 2.75) is 45.6 Å². The maximum absolute atomic E-state index is 12.2. The quantitative estimate of drug-likeness (QED) is 0.599. The highest BCUT2D eigenvalue weighted by molar-refractivity contribution is 5.96. The van der Waals surface area contributed by atoms with Crippen molar-refractivity contribution in [3.8, 4) is 5.75 Å². The SMILES string of the molecule is COc1ccc(C(=O)CCCC(=O)Nc2ccc(CN3CCCC(C)C3)cc2)cc1. The Balaban J connectivity index is 1.39. The molecule has 5 heteroatoms. The predicted molar refractivity (Wildman–Crippen MR) is 120 cm³/mol. The number of ketones is 1. The minimum atomic E-state index is -0.0601. The molecule has 2 aromatic carbocycles. The number of ether oxygens (including phenoxy) is 1. The lowest BCUT2D eigenvalue weighted by atomic mass is 10.00. The predicted octanol–water partition coefficient (Wildman–Crippen LogP) is 4.92. The fourth-order valence-corrected chi connectivity index (χ4v) is 3.94. The molecule has 0 bridgehead atoms. The summed E-state index contributed by atoms with van der Waals surface area (Å²) in [6, 6.07) is 15.2. The molecule has 1 aliphatic rings. The summed E-state index contributed by atoms with van der Waals surface area (Å²) in [5, 5.41) is 2.93. The van der Waals surface area contributed by atoms with Gasteiger partial charge in [0.05, 0.1) is 7.11 Å². The van der Waals surface area contributed by atoms with Crippen molar-refractivity contribution in [1.82, 2.24) is 4.90 Å². The van der Waals surface area contributed by atoms with Gasteiger partial charge in [-0.05, 0) is 73.7 Å². The molecule has 1 aliphatic heterocycles. The second kappa shape index (κ2) is 10.9. The van der Waals surface area contributed by atoms with Crippen molar-refractivity contribution >= 4 is 17.4 Å². The van der Waals surface area contributed by atoms with Crippen molar-refractivity contribution in [3.63, 3.8) is 0 Å². The summed E-state index contributed by atoms with van der Waals surface area (Å²) in [6.07, 6.45) is 3.81. The second-order valence-corrected chi connectivity index (χ2v) is 8.23. The Bertz CT molecular complexity index is 830. The monoisotopic (exact) mass is 408 g/mol. The molecule has 0 aromatic heterocycles. The van der Waals surface area contributed by atoms with Gasteiger partial charge >= 0.3 is 0 Å². The topological polar surface area (TPSA) is 58.6 Å². The molecule has 1 amide bonds. The zero-order chi connectivity index (χ0) is 21.3. The molecule has 1 heterocycles. The van der Waals surface area contributed by atoms with Gasteiger partial charge in [0.15, 0.2) is 5.78 Å². The van der Waals surface area contributed by atoms with Gasteiger partial charge in [0, 0.05) is 37.2 Å². The van der Waals surface area contributed by atoms with Crippen LogP contribution < -0.4 is 10.1 Å². The zero-order valence-electron chi connectivity index (χ0n) is 18.0. The number of piperidine rings is 1. The third-order valence-electron chi connectivity index (χ3n) is 5.60.